The fraction of sp³-hybridized carbons (Fsp3) is 0.316. The lowest BCUT2D eigenvalue weighted by Gasteiger charge is -2.26. The fourth-order valence-electron chi connectivity index (χ4n) is 2.81. The number of hydrogen-bond acceptors (Lipinski definition) is 5. The maximum Gasteiger partial charge on any atom is 0.255 e. The molecule has 0 unspecified atom stereocenters. The maximum atomic E-state index is 13.4. The van der Waals surface area contributed by atoms with Gasteiger partial charge in [0.1, 0.15) is 11.6 Å². The summed E-state index contributed by atoms with van der Waals surface area (Å²) in [4.78, 5) is 12.5. The number of halogens is 1. The molecule has 7 nitrogen and oxygen atoms in total. The third kappa shape index (κ3) is 4.49. The molecule has 150 valence electrons. The molecule has 0 aromatic heterocycles. The molecule has 0 spiro atoms. The minimum atomic E-state index is -3.74. The molecule has 2 aromatic rings. The van der Waals surface area contributed by atoms with Gasteiger partial charge in [-0.15, -0.1) is 0 Å². The number of benzene rings is 2. The number of nitrogens with one attached hydrogen (secondary N) is 1. The molecule has 1 aliphatic heterocycles. The first-order valence-electron chi connectivity index (χ1n) is 8.83. The third-order valence-electron chi connectivity index (χ3n) is 4.19. The van der Waals surface area contributed by atoms with E-state index in [2.05, 4.69) is 5.32 Å². The zero-order valence-electron chi connectivity index (χ0n) is 15.4. The molecule has 1 fully saturated rings. The van der Waals surface area contributed by atoms with Crippen LogP contribution in [0.4, 0.5) is 10.1 Å². The molecule has 1 N–H and O–H groups in total. The SMILES string of the molecule is CCOc1ccc(S(=O)(=O)N2CCOCC2)cc1NC(=O)c1cccc(F)c1. The highest BCUT2D eigenvalue weighted by Gasteiger charge is 2.27. The molecule has 0 bridgehead atoms. The summed E-state index contributed by atoms with van der Waals surface area (Å²) in [6, 6.07) is 9.51. The number of rotatable bonds is 6. The normalized spacial score (nSPS) is 15.2. The second-order valence-electron chi connectivity index (χ2n) is 6.07. The number of sulfonamides is 1. The van der Waals surface area contributed by atoms with Crippen molar-refractivity contribution >= 4 is 21.6 Å². The fourth-order valence-corrected chi connectivity index (χ4v) is 4.24. The van der Waals surface area contributed by atoms with E-state index >= 15 is 0 Å². The largest absolute Gasteiger partial charge is 0.492 e. The number of amides is 1. The summed E-state index contributed by atoms with van der Waals surface area (Å²) >= 11 is 0. The quantitative estimate of drug-likeness (QED) is 0.794. The van der Waals surface area contributed by atoms with Crippen LogP contribution >= 0.6 is 0 Å². The summed E-state index contributed by atoms with van der Waals surface area (Å²) in [6.07, 6.45) is 0. The summed E-state index contributed by atoms with van der Waals surface area (Å²) < 4.78 is 51.2. The van der Waals surface area contributed by atoms with E-state index in [4.69, 9.17) is 9.47 Å². The Morgan fingerprint density at radius 2 is 1.96 bits per heavy atom. The smallest absolute Gasteiger partial charge is 0.255 e. The number of carbonyl (C=O) groups is 1. The van der Waals surface area contributed by atoms with Gasteiger partial charge in [-0.3, -0.25) is 4.79 Å². The number of hydrogen-bond donors (Lipinski definition) is 1. The number of morpholine rings is 1. The van der Waals surface area contributed by atoms with Crippen molar-refractivity contribution in [1.82, 2.24) is 4.31 Å². The van der Waals surface area contributed by atoms with Crippen LogP contribution in [0, 0.1) is 5.82 Å². The maximum absolute atomic E-state index is 13.4. The molecular weight excluding hydrogens is 387 g/mol. The van der Waals surface area contributed by atoms with Crippen LogP contribution in [-0.2, 0) is 14.8 Å². The first kappa shape index (κ1) is 20.2. The van der Waals surface area contributed by atoms with Crippen molar-refractivity contribution < 1.29 is 27.1 Å². The molecule has 2 aromatic carbocycles. The second kappa shape index (κ2) is 8.68. The van der Waals surface area contributed by atoms with E-state index in [0.29, 0.717) is 25.6 Å². The summed E-state index contributed by atoms with van der Waals surface area (Å²) in [6.45, 7) is 3.30. The van der Waals surface area contributed by atoms with E-state index < -0.39 is 21.7 Å². The second-order valence-corrected chi connectivity index (χ2v) is 8.01. The monoisotopic (exact) mass is 408 g/mol. The van der Waals surface area contributed by atoms with Gasteiger partial charge in [0.05, 0.1) is 30.4 Å². The van der Waals surface area contributed by atoms with Crippen LogP contribution in [0.1, 0.15) is 17.3 Å². The van der Waals surface area contributed by atoms with Crippen molar-refractivity contribution in [2.75, 3.05) is 38.2 Å². The lowest BCUT2D eigenvalue weighted by Crippen LogP contribution is -2.40. The molecule has 0 saturated carbocycles. The standard InChI is InChI=1S/C19H21FN2O5S/c1-2-27-18-7-6-16(28(24,25)22-8-10-26-11-9-22)13-17(18)21-19(23)14-4-3-5-15(20)12-14/h3-7,12-13H,2,8-11H2,1H3,(H,21,23). The summed E-state index contributed by atoms with van der Waals surface area (Å²) in [7, 11) is -3.74. The van der Waals surface area contributed by atoms with E-state index in [1.54, 1.807) is 6.92 Å². The molecule has 0 atom stereocenters. The Bertz CT molecular complexity index is 959. The van der Waals surface area contributed by atoms with Gasteiger partial charge in [0.15, 0.2) is 0 Å². The van der Waals surface area contributed by atoms with Crippen molar-refractivity contribution in [3.63, 3.8) is 0 Å². The molecule has 0 radical (unpaired) electrons. The first-order chi connectivity index (χ1) is 13.4. The minimum Gasteiger partial charge on any atom is -0.492 e. The zero-order chi connectivity index (χ0) is 20.1. The van der Waals surface area contributed by atoms with Crippen molar-refractivity contribution in [3.05, 3.63) is 53.8 Å². The predicted molar refractivity (Wildman–Crippen MR) is 102 cm³/mol. The van der Waals surface area contributed by atoms with Gasteiger partial charge >= 0.3 is 0 Å². The highest BCUT2D eigenvalue weighted by Crippen LogP contribution is 2.30. The lowest BCUT2D eigenvalue weighted by atomic mass is 10.2. The van der Waals surface area contributed by atoms with E-state index in [9.17, 15) is 17.6 Å². The lowest BCUT2D eigenvalue weighted by molar-refractivity contribution is 0.0730. The molecule has 1 amide bonds. The van der Waals surface area contributed by atoms with Gasteiger partial charge in [-0.1, -0.05) is 6.07 Å². The molecule has 0 aliphatic carbocycles. The van der Waals surface area contributed by atoms with Gasteiger partial charge in [-0.25, -0.2) is 12.8 Å². The molecule has 1 saturated heterocycles. The van der Waals surface area contributed by atoms with Gasteiger partial charge in [-0.2, -0.15) is 4.31 Å². The highest BCUT2D eigenvalue weighted by atomic mass is 32.2. The Labute approximate surface area is 163 Å². The third-order valence-corrected chi connectivity index (χ3v) is 6.09. The Morgan fingerprint density at radius 3 is 2.64 bits per heavy atom. The van der Waals surface area contributed by atoms with E-state index in [1.165, 1.54) is 40.7 Å². The molecule has 1 heterocycles. The van der Waals surface area contributed by atoms with Gasteiger partial charge < -0.3 is 14.8 Å². The molecule has 3 rings (SSSR count). The van der Waals surface area contributed by atoms with Crippen LogP contribution in [0.2, 0.25) is 0 Å². The van der Waals surface area contributed by atoms with Crippen LogP contribution < -0.4 is 10.1 Å². The number of carbonyl (C=O) groups excluding carboxylic acids is 1. The van der Waals surface area contributed by atoms with Gasteiger partial charge in [0.25, 0.3) is 5.91 Å². The van der Waals surface area contributed by atoms with Crippen LogP contribution in [0.5, 0.6) is 5.75 Å². The summed E-state index contributed by atoms with van der Waals surface area (Å²) in [5, 5.41) is 2.62. The average Bonchev–Trinajstić information content (AvgIpc) is 2.70. The van der Waals surface area contributed by atoms with Crippen LogP contribution in [0.3, 0.4) is 0 Å². The Morgan fingerprint density at radius 1 is 1.21 bits per heavy atom. The van der Waals surface area contributed by atoms with Crippen molar-refractivity contribution in [1.29, 1.82) is 0 Å². The Balaban J connectivity index is 1.92. The van der Waals surface area contributed by atoms with E-state index in [-0.39, 0.29) is 29.2 Å². The Kier molecular flexibility index (Phi) is 6.28. The zero-order valence-corrected chi connectivity index (χ0v) is 16.2. The van der Waals surface area contributed by atoms with Gasteiger partial charge in [0.2, 0.25) is 10.0 Å². The molecule has 1 aliphatic rings. The topological polar surface area (TPSA) is 84.9 Å². The van der Waals surface area contributed by atoms with Crippen molar-refractivity contribution in [2.45, 2.75) is 11.8 Å². The highest BCUT2D eigenvalue weighted by molar-refractivity contribution is 7.89. The molecular formula is C19H21FN2O5S. The van der Waals surface area contributed by atoms with Crippen molar-refractivity contribution in [3.8, 4) is 5.75 Å². The number of nitrogens with zero attached hydrogens (tertiary/aromatic N) is 1. The van der Waals surface area contributed by atoms with E-state index in [1.807, 2.05) is 0 Å². The average molecular weight is 408 g/mol. The summed E-state index contributed by atoms with van der Waals surface area (Å²) in [5.74, 6) is -0.782. The van der Waals surface area contributed by atoms with Crippen molar-refractivity contribution in [2.24, 2.45) is 0 Å². The Hall–Kier alpha value is -2.49. The van der Waals surface area contributed by atoms with Crippen LogP contribution in [-0.4, -0.2) is 51.5 Å². The molecule has 9 heteroatoms. The van der Waals surface area contributed by atoms with Crippen LogP contribution in [0.15, 0.2) is 47.4 Å². The first-order valence-corrected chi connectivity index (χ1v) is 10.3. The number of ether oxygens (including phenoxy) is 2. The number of anilines is 1. The van der Waals surface area contributed by atoms with E-state index in [0.717, 1.165) is 6.07 Å². The van der Waals surface area contributed by atoms with Gasteiger partial charge in [0, 0.05) is 18.7 Å². The van der Waals surface area contributed by atoms with Gasteiger partial charge in [-0.05, 0) is 43.3 Å². The minimum absolute atomic E-state index is 0.0346. The molecule has 28 heavy (non-hydrogen) atoms. The van der Waals surface area contributed by atoms with Crippen LogP contribution in [0.25, 0.3) is 0 Å². The predicted octanol–water partition coefficient (Wildman–Crippen LogP) is 2.50. The summed E-state index contributed by atoms with van der Waals surface area (Å²) in [5.41, 5.74) is 0.314.